The largest absolute Gasteiger partial charge is 0.308 e. The standard InChI is InChI=1S/C18H17N3O2S/c1-12-7-9-14(10-8-12)13(2)19-20-17(22)11-21-15-5-3-4-6-16(15)24-18(21)23/h3-10H,11H2,1-2H3,(H,20,22)/b19-13+. The summed E-state index contributed by atoms with van der Waals surface area (Å²) in [7, 11) is 0. The van der Waals surface area contributed by atoms with Gasteiger partial charge in [0.1, 0.15) is 6.54 Å². The summed E-state index contributed by atoms with van der Waals surface area (Å²) < 4.78 is 2.33. The van der Waals surface area contributed by atoms with Crippen LogP contribution >= 0.6 is 11.3 Å². The molecule has 0 fully saturated rings. The first kappa shape index (κ1) is 16.1. The number of nitrogens with one attached hydrogen (secondary N) is 1. The zero-order valence-electron chi connectivity index (χ0n) is 13.4. The van der Waals surface area contributed by atoms with Crippen LogP contribution in [0.15, 0.2) is 58.4 Å². The first-order chi connectivity index (χ1) is 11.5. The predicted octanol–water partition coefficient (Wildman–Crippen LogP) is 2.91. The van der Waals surface area contributed by atoms with Crippen LogP contribution in [-0.2, 0) is 11.3 Å². The minimum absolute atomic E-state index is 0.0481. The number of aromatic nitrogens is 1. The van der Waals surface area contributed by atoms with Crippen LogP contribution in [-0.4, -0.2) is 16.2 Å². The molecule has 1 heterocycles. The molecule has 0 aliphatic heterocycles. The maximum atomic E-state index is 12.1. The van der Waals surface area contributed by atoms with Crippen LogP contribution < -0.4 is 10.3 Å². The topological polar surface area (TPSA) is 63.5 Å². The Balaban J connectivity index is 1.73. The lowest BCUT2D eigenvalue weighted by Gasteiger charge is -2.05. The Bertz CT molecular complexity index is 968. The molecule has 0 spiro atoms. The minimum Gasteiger partial charge on any atom is -0.289 e. The van der Waals surface area contributed by atoms with Gasteiger partial charge in [-0.15, -0.1) is 0 Å². The van der Waals surface area contributed by atoms with Gasteiger partial charge < -0.3 is 0 Å². The Kier molecular flexibility index (Phi) is 4.57. The quantitative estimate of drug-likeness (QED) is 0.587. The van der Waals surface area contributed by atoms with Gasteiger partial charge in [0, 0.05) is 0 Å². The first-order valence-electron chi connectivity index (χ1n) is 7.53. The summed E-state index contributed by atoms with van der Waals surface area (Å²) in [5.41, 5.74) is 6.11. The molecule has 5 nitrogen and oxygen atoms in total. The van der Waals surface area contributed by atoms with Gasteiger partial charge in [-0.3, -0.25) is 14.2 Å². The summed E-state index contributed by atoms with van der Waals surface area (Å²) in [5, 5.41) is 4.12. The van der Waals surface area contributed by atoms with E-state index in [1.165, 1.54) is 10.1 Å². The van der Waals surface area contributed by atoms with Crippen molar-refractivity contribution in [1.29, 1.82) is 0 Å². The summed E-state index contributed by atoms with van der Waals surface area (Å²) in [6.07, 6.45) is 0. The molecule has 0 unspecified atom stereocenters. The number of fused-ring (bicyclic) bond motifs is 1. The molecule has 0 radical (unpaired) electrons. The maximum absolute atomic E-state index is 12.1. The molecule has 2 aromatic carbocycles. The summed E-state index contributed by atoms with van der Waals surface area (Å²) in [5.74, 6) is -0.327. The highest BCUT2D eigenvalue weighted by Gasteiger charge is 2.10. The van der Waals surface area contributed by atoms with Crippen LogP contribution in [0.5, 0.6) is 0 Å². The van der Waals surface area contributed by atoms with E-state index in [9.17, 15) is 9.59 Å². The van der Waals surface area contributed by atoms with Crippen molar-refractivity contribution in [3.05, 3.63) is 69.3 Å². The second-order valence-corrected chi connectivity index (χ2v) is 6.51. The Morgan fingerprint density at radius 1 is 1.17 bits per heavy atom. The van der Waals surface area contributed by atoms with Gasteiger partial charge in [-0.25, -0.2) is 5.43 Å². The van der Waals surface area contributed by atoms with Gasteiger partial charge in [0.15, 0.2) is 0 Å². The summed E-state index contributed by atoms with van der Waals surface area (Å²) >= 11 is 1.13. The Morgan fingerprint density at radius 3 is 2.62 bits per heavy atom. The van der Waals surface area contributed by atoms with Crippen LogP contribution in [0, 0.1) is 6.92 Å². The van der Waals surface area contributed by atoms with Crippen molar-refractivity contribution in [2.75, 3.05) is 0 Å². The first-order valence-corrected chi connectivity index (χ1v) is 8.35. The molecule has 0 bridgehead atoms. The van der Waals surface area contributed by atoms with Crippen molar-refractivity contribution in [2.24, 2.45) is 5.10 Å². The highest BCUT2D eigenvalue weighted by molar-refractivity contribution is 7.16. The molecular formula is C18H17N3O2S. The third-order valence-corrected chi connectivity index (χ3v) is 4.65. The number of aryl methyl sites for hydroxylation is 1. The minimum atomic E-state index is -0.327. The molecule has 0 saturated carbocycles. The number of hydrogen-bond acceptors (Lipinski definition) is 4. The highest BCUT2D eigenvalue weighted by Crippen LogP contribution is 2.16. The molecule has 0 atom stereocenters. The third kappa shape index (κ3) is 3.44. The molecule has 6 heteroatoms. The lowest BCUT2D eigenvalue weighted by atomic mass is 10.1. The smallest absolute Gasteiger partial charge is 0.289 e. The average Bonchev–Trinajstić information content (AvgIpc) is 2.89. The number of hydrogen-bond donors (Lipinski definition) is 1. The zero-order chi connectivity index (χ0) is 17.1. The molecule has 1 amide bonds. The average molecular weight is 339 g/mol. The number of nitrogens with zero attached hydrogens (tertiary/aromatic N) is 2. The van der Waals surface area contributed by atoms with E-state index in [0.717, 1.165) is 27.1 Å². The van der Waals surface area contributed by atoms with Crippen molar-refractivity contribution in [3.63, 3.8) is 0 Å². The van der Waals surface area contributed by atoms with Gasteiger partial charge in [-0.05, 0) is 31.5 Å². The van der Waals surface area contributed by atoms with Crippen molar-refractivity contribution in [1.82, 2.24) is 9.99 Å². The number of para-hydroxylation sites is 1. The Labute approximate surface area is 143 Å². The van der Waals surface area contributed by atoms with E-state index in [1.54, 1.807) is 0 Å². The lowest BCUT2D eigenvalue weighted by Crippen LogP contribution is -2.28. The molecule has 122 valence electrons. The molecule has 0 saturated heterocycles. The van der Waals surface area contributed by atoms with Gasteiger partial charge in [-0.2, -0.15) is 5.10 Å². The third-order valence-electron chi connectivity index (χ3n) is 3.69. The van der Waals surface area contributed by atoms with Gasteiger partial charge in [0.2, 0.25) is 0 Å². The summed E-state index contributed by atoms with van der Waals surface area (Å²) in [6, 6.07) is 15.3. The fourth-order valence-electron chi connectivity index (χ4n) is 2.35. The van der Waals surface area contributed by atoms with Crippen molar-refractivity contribution >= 4 is 33.2 Å². The van der Waals surface area contributed by atoms with Gasteiger partial charge >= 0.3 is 4.87 Å². The van der Waals surface area contributed by atoms with Crippen LogP contribution in [0.1, 0.15) is 18.1 Å². The second kappa shape index (κ2) is 6.80. The molecule has 0 aliphatic rings. The number of thiazole rings is 1. The van der Waals surface area contributed by atoms with Gasteiger partial charge in [-0.1, -0.05) is 53.3 Å². The Hall–Kier alpha value is -2.73. The van der Waals surface area contributed by atoms with Crippen LogP contribution in [0.4, 0.5) is 0 Å². The fourth-order valence-corrected chi connectivity index (χ4v) is 3.24. The van der Waals surface area contributed by atoms with E-state index in [-0.39, 0.29) is 17.3 Å². The lowest BCUT2D eigenvalue weighted by molar-refractivity contribution is -0.121. The SMILES string of the molecule is C/C(=N\NC(=O)Cn1c(=O)sc2ccccc21)c1ccc(C)cc1. The monoisotopic (exact) mass is 339 g/mol. The number of carbonyl (C=O) groups is 1. The van der Waals surface area contributed by atoms with Gasteiger partial charge in [0.25, 0.3) is 5.91 Å². The van der Waals surface area contributed by atoms with Crippen molar-refractivity contribution in [3.8, 4) is 0 Å². The van der Waals surface area contributed by atoms with E-state index >= 15 is 0 Å². The molecule has 1 N–H and O–H groups in total. The molecular weight excluding hydrogens is 322 g/mol. The molecule has 3 rings (SSSR count). The number of amides is 1. The van der Waals surface area contributed by atoms with E-state index in [4.69, 9.17) is 0 Å². The van der Waals surface area contributed by atoms with Crippen molar-refractivity contribution < 1.29 is 4.79 Å². The van der Waals surface area contributed by atoms with Gasteiger partial charge in [0.05, 0.1) is 15.9 Å². The number of rotatable bonds is 4. The molecule has 3 aromatic rings. The van der Waals surface area contributed by atoms with E-state index in [1.807, 2.05) is 62.4 Å². The number of hydrazone groups is 1. The van der Waals surface area contributed by atoms with E-state index in [0.29, 0.717) is 5.71 Å². The number of benzene rings is 2. The second-order valence-electron chi connectivity index (χ2n) is 5.52. The highest BCUT2D eigenvalue weighted by atomic mass is 32.1. The van der Waals surface area contributed by atoms with Crippen LogP contribution in [0.3, 0.4) is 0 Å². The molecule has 0 aliphatic carbocycles. The molecule has 1 aromatic heterocycles. The Morgan fingerprint density at radius 2 is 1.88 bits per heavy atom. The maximum Gasteiger partial charge on any atom is 0.308 e. The van der Waals surface area contributed by atoms with Crippen LogP contribution in [0.25, 0.3) is 10.2 Å². The van der Waals surface area contributed by atoms with Crippen LogP contribution in [0.2, 0.25) is 0 Å². The van der Waals surface area contributed by atoms with E-state index in [2.05, 4.69) is 10.5 Å². The van der Waals surface area contributed by atoms with E-state index < -0.39 is 0 Å². The number of carbonyl (C=O) groups excluding carboxylic acids is 1. The predicted molar refractivity (Wildman–Crippen MR) is 97.6 cm³/mol. The normalized spacial score (nSPS) is 11.7. The summed E-state index contributed by atoms with van der Waals surface area (Å²) in [4.78, 5) is 24.0. The molecule has 24 heavy (non-hydrogen) atoms. The summed E-state index contributed by atoms with van der Waals surface area (Å²) in [6.45, 7) is 3.80. The van der Waals surface area contributed by atoms with Crippen molar-refractivity contribution in [2.45, 2.75) is 20.4 Å². The zero-order valence-corrected chi connectivity index (χ0v) is 14.3. The fraction of sp³-hybridized carbons (Fsp3) is 0.167.